The fourth-order valence-electron chi connectivity index (χ4n) is 10.8. The Morgan fingerprint density at radius 1 is 0.659 bits per heavy atom. The Morgan fingerprint density at radius 3 is 1.55 bits per heavy atom. The van der Waals surface area contributed by atoms with Crippen LogP contribution >= 0.6 is 23.2 Å². The Kier molecular flexibility index (Phi) is 27.4. The maximum atomic E-state index is 13.0. The molecule has 4 aliphatic rings. The number of nitrogen functional groups attached to an aromatic ring is 2. The number of carbonyl (C=O) groups excluding carboxylic acids is 2. The van der Waals surface area contributed by atoms with Gasteiger partial charge in [0.25, 0.3) is 17.7 Å². The summed E-state index contributed by atoms with van der Waals surface area (Å²) in [7, 11) is 0. The number of halogens is 2. The van der Waals surface area contributed by atoms with E-state index in [2.05, 4.69) is 83.0 Å². The van der Waals surface area contributed by atoms with Crippen LogP contribution in [0, 0.1) is 13.8 Å². The number of nitrogens with one attached hydrogen (secondary N) is 1. The predicted molar refractivity (Wildman–Crippen MR) is 316 cm³/mol. The second kappa shape index (κ2) is 32.8. The number of likely N-dealkylation sites (tertiary alicyclic amines) is 1. The number of aromatic nitrogens is 10. The van der Waals surface area contributed by atoms with E-state index >= 15 is 0 Å². The molecule has 0 bridgehead atoms. The number of piperazine rings is 2. The molecular weight excluding hydrogens is 1080 g/mol. The number of aryl methyl sites for hydroxylation is 4. The molecule has 0 saturated carbocycles. The van der Waals surface area contributed by atoms with E-state index in [1.807, 2.05) is 18.7 Å². The molecule has 442 valence electrons. The molecule has 82 heavy (non-hydrogen) atoms. The molecule has 6 aromatic heterocycles. The van der Waals surface area contributed by atoms with Gasteiger partial charge in [0.2, 0.25) is 11.8 Å². The minimum atomic E-state index is -0.0772. The van der Waals surface area contributed by atoms with Gasteiger partial charge in [0, 0.05) is 95.2 Å². The van der Waals surface area contributed by atoms with E-state index in [-0.39, 0.29) is 72.6 Å². The van der Waals surface area contributed by atoms with E-state index < -0.39 is 0 Å². The molecule has 0 unspecified atom stereocenters. The third-order valence-corrected chi connectivity index (χ3v) is 15.3. The predicted octanol–water partition coefficient (Wildman–Crippen LogP) is 4.94. The van der Waals surface area contributed by atoms with Crippen molar-refractivity contribution in [3.63, 3.8) is 0 Å². The number of anilines is 4. The normalized spacial score (nSPS) is 17.8. The van der Waals surface area contributed by atoms with Gasteiger partial charge in [0.05, 0.1) is 35.6 Å². The third-order valence-electron chi connectivity index (χ3n) is 14.9. The van der Waals surface area contributed by atoms with E-state index in [0.29, 0.717) is 77.8 Å². The summed E-state index contributed by atoms with van der Waals surface area (Å²) in [6.45, 7) is 22.2. The molecule has 0 aromatic carbocycles. The van der Waals surface area contributed by atoms with E-state index in [1.165, 1.54) is 25.0 Å². The van der Waals surface area contributed by atoms with Gasteiger partial charge in [-0.3, -0.25) is 19.6 Å². The minimum Gasteiger partial charge on any atom is -0.870 e. The Balaban J connectivity index is 0.000000296. The van der Waals surface area contributed by atoms with Crippen LogP contribution in [0.3, 0.4) is 0 Å². The van der Waals surface area contributed by atoms with Crippen LogP contribution in [0.25, 0.3) is 23.2 Å². The molecule has 23 nitrogen and oxygen atoms in total. The summed E-state index contributed by atoms with van der Waals surface area (Å²) in [5.74, 6) is 4.25. The van der Waals surface area contributed by atoms with Gasteiger partial charge in [-0.05, 0) is 90.4 Å². The summed E-state index contributed by atoms with van der Waals surface area (Å²) in [6.07, 6.45) is 15.2. The Labute approximate surface area is 505 Å². The monoisotopic (exact) mass is 1160 g/mol. The van der Waals surface area contributed by atoms with Crippen molar-refractivity contribution in [3.05, 3.63) is 81.3 Å². The molecule has 1 amide bonds. The first-order chi connectivity index (χ1) is 37.8. The standard InChI is InChI=1S/C27H36ClN9O2.C21H33N7O.C6H4ClN2O.2CH4.Li.H2O/c1-4-6-23-33-34-26(39-23)21-15-30-25(17(3)31-21)36-13-14-37(18(5-2)16-36)19-9-11-35(12-10-19)27(38)20-7-8-22(28)32-24(20)29;1-4-6-19-25-26-21(29-19)18-13-23-20(15(3)24-18)27-11-12-28(16(5-2)14-27)17-7-9-22-10-8-17;7-5-2-1-4(3-10)6(8)9-5;;;;/h7-8,15,18-19H,4-6,9-14,16H2,1-3H3,(H2,29,32);13,16-17,22H,4-12,14H2,1-3H3;1-2H,(H2,8,9);2*1H4;;1H2/q;;-1;;;+1;/p-1/t18-;16-;;;;;/m00...../s1. The fraction of sp³-hybridized carbons (Fsp3) is 0.571. The average molecular weight is 1170 g/mol. The van der Waals surface area contributed by atoms with E-state index in [9.17, 15) is 9.59 Å². The van der Waals surface area contributed by atoms with Crippen LogP contribution < -0.4 is 45.4 Å². The van der Waals surface area contributed by atoms with Gasteiger partial charge < -0.3 is 50.6 Å². The van der Waals surface area contributed by atoms with Gasteiger partial charge in [-0.1, -0.05) is 71.8 Å². The third kappa shape index (κ3) is 17.1. The van der Waals surface area contributed by atoms with Crippen LogP contribution in [0.15, 0.2) is 45.5 Å². The number of hydrogen-bond acceptors (Lipinski definition) is 22. The SMILES string of the molecule is C.C.CCCc1nnc(-c2cnc(N3CCN(C4CCN(C(=O)c5ccc(Cl)nc5N)CC4)[C@@H](CC)C3)c(C)n2)o1.CCCc1nnc(-c2cnc(N3CCN(C4CCNCC4)[C@@H](CC)C3)c(C)n2)o1.Nc1nc(Cl)ccc1[C-]=O.[Li+].[OH-]. The van der Waals surface area contributed by atoms with Gasteiger partial charge in [-0.2, -0.15) is 6.07 Å². The summed E-state index contributed by atoms with van der Waals surface area (Å²) in [5.41, 5.74) is 14.9. The number of amides is 1. The molecule has 10 rings (SSSR count). The van der Waals surface area contributed by atoms with Crippen molar-refractivity contribution < 1.29 is 42.8 Å². The van der Waals surface area contributed by atoms with Crippen molar-refractivity contribution >= 4 is 58.7 Å². The first-order valence-corrected chi connectivity index (χ1v) is 28.1. The van der Waals surface area contributed by atoms with E-state index in [0.717, 1.165) is 127 Å². The van der Waals surface area contributed by atoms with E-state index in [1.54, 1.807) is 30.8 Å². The molecule has 4 aliphatic heterocycles. The number of piperidine rings is 2. The quantitative estimate of drug-likeness (QED) is 0.0739. The summed E-state index contributed by atoms with van der Waals surface area (Å²) in [4.78, 5) is 61.7. The minimum absolute atomic E-state index is 0. The molecular formula is C56H82Cl2LiN18O5-. The van der Waals surface area contributed by atoms with Crippen LogP contribution in [0.4, 0.5) is 23.3 Å². The zero-order chi connectivity index (χ0) is 55.3. The Morgan fingerprint density at radius 2 is 1.12 bits per heavy atom. The fourth-order valence-corrected chi connectivity index (χ4v) is 11.1. The average Bonchev–Trinajstić information content (AvgIpc) is 4.17. The van der Waals surface area contributed by atoms with Crippen LogP contribution in [-0.4, -0.2) is 172 Å². The van der Waals surface area contributed by atoms with Crippen molar-refractivity contribution in [2.75, 3.05) is 86.7 Å². The van der Waals surface area contributed by atoms with Gasteiger partial charge in [0.1, 0.15) is 39.1 Å². The summed E-state index contributed by atoms with van der Waals surface area (Å²) < 4.78 is 11.5. The van der Waals surface area contributed by atoms with E-state index in [4.69, 9.17) is 63.4 Å². The first-order valence-electron chi connectivity index (χ1n) is 27.4. The van der Waals surface area contributed by atoms with Crippen molar-refractivity contribution in [2.45, 2.75) is 145 Å². The van der Waals surface area contributed by atoms with Crippen LogP contribution in [-0.2, 0) is 17.6 Å². The van der Waals surface area contributed by atoms with Gasteiger partial charge in [-0.25, -0.2) is 24.9 Å². The van der Waals surface area contributed by atoms with Crippen molar-refractivity contribution in [1.82, 2.24) is 70.3 Å². The zero-order valence-electron chi connectivity index (χ0n) is 47.1. The van der Waals surface area contributed by atoms with Gasteiger partial charge in [-0.15, -0.1) is 26.0 Å². The molecule has 10 heterocycles. The van der Waals surface area contributed by atoms with Crippen LogP contribution in [0.5, 0.6) is 0 Å². The molecule has 4 saturated heterocycles. The second-order valence-electron chi connectivity index (χ2n) is 20.1. The number of nitrogens with two attached hydrogens (primary N) is 2. The number of rotatable bonds is 14. The largest absolute Gasteiger partial charge is 1.00 e. The Bertz CT molecular complexity index is 2940. The number of carbonyl (C=O) groups is 1. The zero-order valence-corrected chi connectivity index (χ0v) is 48.6. The maximum Gasteiger partial charge on any atom is 1.00 e. The number of hydrogen-bond donors (Lipinski definition) is 3. The molecule has 0 radical (unpaired) electrons. The van der Waals surface area contributed by atoms with Crippen molar-refractivity contribution in [3.8, 4) is 23.2 Å². The molecule has 0 spiro atoms. The second-order valence-corrected chi connectivity index (χ2v) is 20.8. The summed E-state index contributed by atoms with van der Waals surface area (Å²) in [5, 5.41) is 20.5. The summed E-state index contributed by atoms with van der Waals surface area (Å²) in [6, 6.07) is 8.34. The van der Waals surface area contributed by atoms with Gasteiger partial charge in [0.15, 0.2) is 0 Å². The molecule has 2 atom stereocenters. The molecule has 4 fully saturated rings. The molecule has 6 N–H and O–H groups in total. The van der Waals surface area contributed by atoms with Gasteiger partial charge >= 0.3 is 18.9 Å². The maximum absolute atomic E-state index is 13.0. The topological polar surface area (TPSA) is 300 Å². The molecule has 26 heteroatoms. The number of pyridine rings is 2. The van der Waals surface area contributed by atoms with Crippen molar-refractivity contribution in [1.29, 1.82) is 0 Å². The molecule has 6 aromatic rings. The smallest absolute Gasteiger partial charge is 0.870 e. The number of nitrogens with zero attached hydrogens (tertiary/aromatic N) is 15. The molecule has 0 aliphatic carbocycles. The Hall–Kier alpha value is -5.90. The van der Waals surface area contributed by atoms with Crippen LogP contribution in [0.2, 0.25) is 10.3 Å². The summed E-state index contributed by atoms with van der Waals surface area (Å²) >= 11 is 11.4. The van der Waals surface area contributed by atoms with Crippen LogP contribution in [0.1, 0.15) is 133 Å². The first kappa shape index (κ1) is 68.6. The van der Waals surface area contributed by atoms with Crippen molar-refractivity contribution in [2.24, 2.45) is 0 Å².